The normalized spacial score (nSPS) is 7.75. The number of hydrogen-bond acceptors (Lipinski definition) is 2. The highest BCUT2D eigenvalue weighted by molar-refractivity contribution is 5.42. The van der Waals surface area contributed by atoms with Gasteiger partial charge in [0.1, 0.15) is 0 Å². The second-order valence-corrected chi connectivity index (χ2v) is 2.03. The molecule has 1 rings (SSSR count). The van der Waals surface area contributed by atoms with E-state index in [2.05, 4.69) is 30.1 Å². The molecule has 1 aromatic rings. The maximum Gasteiger partial charge on any atom is 0.204 e. The minimum absolute atomic E-state index is 0.250. The van der Waals surface area contributed by atoms with Gasteiger partial charge in [0.15, 0.2) is 0 Å². The molecule has 0 aliphatic rings. The van der Waals surface area contributed by atoms with Crippen LogP contribution in [0.1, 0.15) is 6.92 Å². The summed E-state index contributed by atoms with van der Waals surface area (Å²) >= 11 is 0. The molecule has 66 valence electrons. The second kappa shape index (κ2) is 7.60. The van der Waals surface area contributed by atoms with Crippen molar-refractivity contribution in [3.8, 4) is 0 Å². The summed E-state index contributed by atoms with van der Waals surface area (Å²) in [6, 6.07) is 10.2. The lowest BCUT2D eigenvalue weighted by atomic mass is 10.3. The van der Waals surface area contributed by atoms with Gasteiger partial charge in [-0.2, -0.15) is 0 Å². The average Bonchev–Trinajstić information content (AvgIpc) is 2.08. The van der Waals surface area contributed by atoms with Gasteiger partial charge >= 0.3 is 0 Å². The lowest BCUT2D eigenvalue weighted by Gasteiger charge is -1.99. The van der Waals surface area contributed by atoms with Crippen molar-refractivity contribution < 1.29 is 4.79 Å². The molecule has 3 nitrogen and oxygen atoms in total. The van der Waals surface area contributed by atoms with Crippen LogP contribution in [-0.4, -0.2) is 13.0 Å². The van der Waals surface area contributed by atoms with Crippen molar-refractivity contribution in [2.75, 3.05) is 11.9 Å². The van der Waals surface area contributed by atoms with E-state index in [9.17, 15) is 0 Å². The lowest BCUT2D eigenvalue weighted by molar-refractivity contribution is -0.106. The molecular weight excluding hydrogens is 152 g/mol. The van der Waals surface area contributed by atoms with Crippen molar-refractivity contribution in [2.45, 2.75) is 6.92 Å². The standard InChI is InChI=1S/C8H11N.CH3NO/c1-2-9-8-6-4-3-5-7-8;2-1-3/h3-7,9H,2H2,1H3;1H,(H2,2,3). The first-order valence-electron chi connectivity index (χ1n) is 3.79. The van der Waals surface area contributed by atoms with Gasteiger partial charge in [-0.1, -0.05) is 18.2 Å². The van der Waals surface area contributed by atoms with Gasteiger partial charge in [0, 0.05) is 12.2 Å². The molecule has 0 aliphatic carbocycles. The van der Waals surface area contributed by atoms with Crippen molar-refractivity contribution >= 4 is 12.1 Å². The van der Waals surface area contributed by atoms with E-state index in [1.54, 1.807) is 0 Å². The molecule has 0 heterocycles. The minimum Gasteiger partial charge on any atom is -0.385 e. The predicted octanol–water partition coefficient (Wildman–Crippen LogP) is 1.22. The zero-order valence-electron chi connectivity index (χ0n) is 7.16. The number of primary amides is 1. The molecule has 1 aromatic carbocycles. The van der Waals surface area contributed by atoms with Gasteiger partial charge in [0.2, 0.25) is 6.41 Å². The maximum atomic E-state index is 8.58. The maximum absolute atomic E-state index is 8.58. The monoisotopic (exact) mass is 166 g/mol. The molecule has 12 heavy (non-hydrogen) atoms. The van der Waals surface area contributed by atoms with Crippen molar-refractivity contribution in [3.05, 3.63) is 30.3 Å². The molecule has 1 amide bonds. The third-order valence-electron chi connectivity index (χ3n) is 1.15. The van der Waals surface area contributed by atoms with Crippen LogP contribution in [0.3, 0.4) is 0 Å². The Kier molecular flexibility index (Phi) is 6.64. The third-order valence-corrected chi connectivity index (χ3v) is 1.15. The first kappa shape index (κ1) is 10.5. The van der Waals surface area contributed by atoms with Gasteiger partial charge in [-0.15, -0.1) is 0 Å². The molecule has 3 N–H and O–H groups in total. The van der Waals surface area contributed by atoms with Gasteiger partial charge in [-0.3, -0.25) is 4.79 Å². The van der Waals surface area contributed by atoms with E-state index >= 15 is 0 Å². The predicted molar refractivity (Wildman–Crippen MR) is 50.9 cm³/mol. The fourth-order valence-corrected chi connectivity index (χ4v) is 0.760. The Hall–Kier alpha value is -1.51. The second-order valence-electron chi connectivity index (χ2n) is 2.03. The summed E-state index contributed by atoms with van der Waals surface area (Å²) in [5, 5.41) is 3.21. The first-order chi connectivity index (χ1) is 5.85. The summed E-state index contributed by atoms with van der Waals surface area (Å²) in [6.45, 7) is 3.08. The topological polar surface area (TPSA) is 55.1 Å². The number of para-hydroxylation sites is 1. The highest BCUT2D eigenvalue weighted by Gasteiger charge is 1.81. The van der Waals surface area contributed by atoms with Crippen molar-refractivity contribution in [1.82, 2.24) is 0 Å². The Morgan fingerprint density at radius 3 is 2.33 bits per heavy atom. The summed E-state index contributed by atoms with van der Waals surface area (Å²) in [5.74, 6) is 0. The quantitative estimate of drug-likeness (QED) is 0.649. The van der Waals surface area contributed by atoms with E-state index in [1.807, 2.05) is 18.2 Å². The smallest absolute Gasteiger partial charge is 0.204 e. The van der Waals surface area contributed by atoms with E-state index in [0.717, 1.165) is 6.54 Å². The molecular formula is C9H14N2O. The number of carbonyl (C=O) groups excluding carboxylic acids is 1. The van der Waals surface area contributed by atoms with E-state index < -0.39 is 0 Å². The van der Waals surface area contributed by atoms with Gasteiger partial charge in [0.25, 0.3) is 0 Å². The fraction of sp³-hybridized carbons (Fsp3) is 0.222. The van der Waals surface area contributed by atoms with Gasteiger partial charge in [-0.05, 0) is 19.1 Å². The van der Waals surface area contributed by atoms with Crippen LogP contribution in [0.5, 0.6) is 0 Å². The fourth-order valence-electron chi connectivity index (χ4n) is 0.760. The van der Waals surface area contributed by atoms with Crippen LogP contribution in [0.15, 0.2) is 30.3 Å². The summed E-state index contributed by atoms with van der Waals surface area (Å²) in [4.78, 5) is 8.58. The number of nitrogens with one attached hydrogen (secondary N) is 1. The lowest BCUT2D eigenvalue weighted by Crippen LogP contribution is -1.94. The third kappa shape index (κ3) is 5.29. The Labute approximate surface area is 72.6 Å². The van der Waals surface area contributed by atoms with E-state index in [0.29, 0.717) is 0 Å². The Morgan fingerprint density at radius 1 is 1.42 bits per heavy atom. The van der Waals surface area contributed by atoms with Crippen molar-refractivity contribution in [1.29, 1.82) is 0 Å². The highest BCUT2D eigenvalue weighted by Crippen LogP contribution is 2.02. The zero-order chi connectivity index (χ0) is 9.23. The Balaban J connectivity index is 0.000000354. The summed E-state index contributed by atoms with van der Waals surface area (Å²) in [5.41, 5.74) is 5.36. The van der Waals surface area contributed by atoms with Gasteiger partial charge in [0.05, 0.1) is 0 Å². The van der Waals surface area contributed by atoms with Crippen LogP contribution >= 0.6 is 0 Å². The van der Waals surface area contributed by atoms with Crippen LogP contribution in [0.4, 0.5) is 5.69 Å². The van der Waals surface area contributed by atoms with Gasteiger partial charge in [-0.25, -0.2) is 0 Å². The van der Waals surface area contributed by atoms with E-state index in [1.165, 1.54) is 5.69 Å². The molecule has 0 aromatic heterocycles. The molecule has 0 bridgehead atoms. The summed E-state index contributed by atoms with van der Waals surface area (Å²) in [6.07, 6.45) is 0.250. The van der Waals surface area contributed by atoms with Crippen LogP contribution in [-0.2, 0) is 4.79 Å². The number of nitrogens with two attached hydrogens (primary N) is 1. The number of carbonyl (C=O) groups is 1. The summed E-state index contributed by atoms with van der Waals surface area (Å²) in [7, 11) is 0. The average molecular weight is 166 g/mol. The van der Waals surface area contributed by atoms with Crippen LogP contribution in [0.25, 0.3) is 0 Å². The Morgan fingerprint density at radius 2 is 1.92 bits per heavy atom. The first-order valence-corrected chi connectivity index (χ1v) is 3.79. The SMILES string of the molecule is CCNc1ccccc1.NC=O. The van der Waals surface area contributed by atoms with Crippen LogP contribution in [0, 0.1) is 0 Å². The number of rotatable bonds is 2. The highest BCUT2D eigenvalue weighted by atomic mass is 16.1. The van der Waals surface area contributed by atoms with E-state index in [4.69, 9.17) is 4.79 Å². The number of benzene rings is 1. The number of anilines is 1. The largest absolute Gasteiger partial charge is 0.385 e. The molecule has 0 spiro atoms. The molecule has 3 heteroatoms. The summed E-state index contributed by atoms with van der Waals surface area (Å²) < 4.78 is 0. The zero-order valence-corrected chi connectivity index (χ0v) is 7.16. The number of amides is 1. The molecule has 0 unspecified atom stereocenters. The van der Waals surface area contributed by atoms with Crippen molar-refractivity contribution in [2.24, 2.45) is 5.73 Å². The van der Waals surface area contributed by atoms with Gasteiger partial charge < -0.3 is 11.1 Å². The molecule has 0 fully saturated rings. The molecule has 0 atom stereocenters. The number of hydrogen-bond donors (Lipinski definition) is 2. The molecule has 0 radical (unpaired) electrons. The minimum atomic E-state index is 0.250. The van der Waals surface area contributed by atoms with Crippen molar-refractivity contribution in [3.63, 3.8) is 0 Å². The molecule has 0 aliphatic heterocycles. The van der Waals surface area contributed by atoms with E-state index in [-0.39, 0.29) is 6.41 Å². The Bertz CT molecular complexity index is 199. The molecule has 0 saturated heterocycles. The van der Waals surface area contributed by atoms with Crippen LogP contribution in [0.2, 0.25) is 0 Å². The molecule has 0 saturated carbocycles. The van der Waals surface area contributed by atoms with Crippen LogP contribution < -0.4 is 11.1 Å².